The van der Waals surface area contributed by atoms with Crippen molar-refractivity contribution in [1.82, 2.24) is 5.32 Å². The van der Waals surface area contributed by atoms with E-state index in [0.717, 1.165) is 38.5 Å². The van der Waals surface area contributed by atoms with Crippen molar-refractivity contribution in [2.24, 2.45) is 46.3 Å². The molecule has 4 saturated carbocycles. The van der Waals surface area contributed by atoms with Gasteiger partial charge in [0.05, 0.1) is 37.4 Å². The number of rotatable bonds is 7. The summed E-state index contributed by atoms with van der Waals surface area (Å²) in [7, 11) is 0. The van der Waals surface area contributed by atoms with Gasteiger partial charge in [-0.15, -0.1) is 0 Å². The van der Waals surface area contributed by atoms with Crippen molar-refractivity contribution in [3.05, 3.63) is 0 Å². The Balaban J connectivity index is 0.000000375. The van der Waals surface area contributed by atoms with Crippen LogP contribution in [-0.2, 0) is 14.3 Å². The Hall–Kier alpha value is -0.420. The molecule has 0 aromatic carbocycles. The third-order valence-electron chi connectivity index (χ3n) is 12.6. The number of nitrogens with one attached hydrogen (secondary N) is 1. The average molecular weight is 668 g/mol. The van der Waals surface area contributed by atoms with Crippen LogP contribution in [0.5, 0.6) is 0 Å². The maximum absolute atomic E-state index is 12.0. The van der Waals surface area contributed by atoms with Gasteiger partial charge in [0.2, 0.25) is 5.91 Å². The molecule has 1 heterocycles. The molecule has 1 saturated heterocycles. The molecule has 0 radical (unpaired) electrons. The molecular weight excluding hydrogens is 613 g/mol. The zero-order valence-corrected chi connectivity index (χ0v) is 29.6. The van der Waals surface area contributed by atoms with Gasteiger partial charge in [0, 0.05) is 6.42 Å². The molecule has 16 atom stereocenters. The van der Waals surface area contributed by atoms with Crippen molar-refractivity contribution in [3.8, 4) is 0 Å². The molecule has 5 fully saturated rings. The van der Waals surface area contributed by atoms with Crippen LogP contribution in [0.3, 0.4) is 0 Å². The topological polar surface area (TPSA) is 240 Å². The Morgan fingerprint density at radius 3 is 2.24 bits per heavy atom. The normalized spacial score (nSPS) is 47.1. The van der Waals surface area contributed by atoms with Crippen LogP contribution in [-0.4, -0.2) is 115 Å². The number of hydrogen-bond donors (Lipinski definition) is 9. The number of carbonyl (C=O) groups is 2. The minimum Gasteiger partial charge on any atom is -0.548 e. The van der Waals surface area contributed by atoms with E-state index in [4.69, 9.17) is 25.5 Å². The van der Waals surface area contributed by atoms with Gasteiger partial charge in [-0.2, -0.15) is 0 Å². The molecule has 46 heavy (non-hydrogen) atoms. The molecule has 14 heteroatoms. The maximum atomic E-state index is 12.0. The SMILES string of the molecule is C[C@H](CCC(=O)NCC(=O)[O-])[C@H]1CC[C@H]2[C@@H]3[C@H](O)C[C@@H]4C[C@H](O)CC[C@]4(C)[C@H]3C[C@H](O)[C@]12C.OC[C@H]1OC(O)[C@H](O)[C@@H](O)[C@@H]1O.[Na+]. The fourth-order valence-electron chi connectivity index (χ4n) is 10.0. The van der Waals surface area contributed by atoms with Crippen molar-refractivity contribution in [2.75, 3.05) is 13.2 Å². The first-order chi connectivity index (χ1) is 21.1. The van der Waals surface area contributed by atoms with Gasteiger partial charge < -0.3 is 60.8 Å². The number of aliphatic carboxylic acids is 1. The molecule has 13 nitrogen and oxygen atoms in total. The minimum absolute atomic E-state index is 0. The summed E-state index contributed by atoms with van der Waals surface area (Å²) in [5, 5.41) is 90.8. The first-order valence-electron chi connectivity index (χ1n) is 16.5. The van der Waals surface area contributed by atoms with Gasteiger partial charge in [-0.05, 0) is 97.7 Å². The van der Waals surface area contributed by atoms with Crippen molar-refractivity contribution in [1.29, 1.82) is 0 Å². The van der Waals surface area contributed by atoms with E-state index in [-0.39, 0.29) is 94.5 Å². The second-order valence-electron chi connectivity index (χ2n) is 14.9. The monoisotopic (exact) mass is 667 g/mol. The van der Waals surface area contributed by atoms with Crippen LogP contribution < -0.4 is 40.0 Å². The Morgan fingerprint density at radius 1 is 0.935 bits per heavy atom. The van der Waals surface area contributed by atoms with Crippen molar-refractivity contribution in [2.45, 2.75) is 128 Å². The number of carboxylic acid groups (broad SMARTS) is 1. The number of hydrogen-bond acceptors (Lipinski definition) is 12. The molecule has 5 rings (SSSR count). The predicted molar refractivity (Wildman–Crippen MR) is 156 cm³/mol. The van der Waals surface area contributed by atoms with E-state index in [0.29, 0.717) is 18.8 Å². The first kappa shape index (κ1) is 40.0. The van der Waals surface area contributed by atoms with E-state index >= 15 is 0 Å². The van der Waals surface area contributed by atoms with E-state index < -0.39 is 55.9 Å². The van der Waals surface area contributed by atoms with Crippen LogP contribution >= 0.6 is 0 Å². The van der Waals surface area contributed by atoms with Gasteiger partial charge in [-0.1, -0.05) is 20.8 Å². The molecule has 1 aliphatic heterocycles. The van der Waals surface area contributed by atoms with Gasteiger partial charge in [-0.25, -0.2) is 0 Å². The van der Waals surface area contributed by atoms with Crippen LogP contribution in [0.15, 0.2) is 0 Å². The Kier molecular flexibility index (Phi) is 14.0. The standard InChI is InChI=1S/C26H43NO6.C6H12O6.Na/c1-14(4-7-22(31)27-13-23(32)33)17-5-6-18-24-19(12-21(30)26(17,18)3)25(2)9-8-16(28)10-15(25)11-20(24)29;7-1-2-3(8)4(9)5(10)6(11)12-2;/h14-21,24,28-30H,4-13H2,1-3H3,(H,27,31)(H,32,33);2-11H,1H2;/q;;+1/p-1/t14-,15+,16-,17-,18+,19+,20-,21+,24+,25+,26-;2-,3-,4+,5-,6?;/m11./s1. The number of ether oxygens (including phenoxy) is 1. The average Bonchev–Trinajstić information content (AvgIpc) is 3.35. The predicted octanol–water partition coefficient (Wildman–Crippen LogP) is -4.99. The quantitative estimate of drug-likeness (QED) is 0.116. The molecule has 0 aromatic rings. The van der Waals surface area contributed by atoms with E-state index in [1.807, 2.05) is 0 Å². The van der Waals surface area contributed by atoms with Crippen LogP contribution in [0.4, 0.5) is 0 Å². The van der Waals surface area contributed by atoms with Crippen molar-refractivity contribution >= 4 is 11.9 Å². The van der Waals surface area contributed by atoms with Crippen LogP contribution in [0.25, 0.3) is 0 Å². The molecule has 4 aliphatic carbocycles. The van der Waals surface area contributed by atoms with Crippen LogP contribution in [0.2, 0.25) is 0 Å². The molecule has 5 aliphatic rings. The Morgan fingerprint density at radius 2 is 1.61 bits per heavy atom. The van der Waals surface area contributed by atoms with E-state index in [1.165, 1.54) is 0 Å². The summed E-state index contributed by atoms with van der Waals surface area (Å²) in [5.74, 6) is -0.0789. The fourth-order valence-corrected chi connectivity index (χ4v) is 10.0. The van der Waals surface area contributed by atoms with Crippen LogP contribution in [0, 0.1) is 46.3 Å². The third kappa shape index (κ3) is 7.81. The summed E-state index contributed by atoms with van der Waals surface area (Å²) >= 11 is 0. The number of aliphatic hydroxyl groups is 8. The first-order valence-corrected chi connectivity index (χ1v) is 16.5. The minimum atomic E-state index is -1.57. The summed E-state index contributed by atoms with van der Waals surface area (Å²) in [6.45, 7) is 5.69. The van der Waals surface area contributed by atoms with E-state index in [9.17, 15) is 30.0 Å². The number of carboxylic acids is 1. The van der Waals surface area contributed by atoms with Gasteiger partial charge in [-0.3, -0.25) is 4.79 Å². The molecule has 0 spiro atoms. The largest absolute Gasteiger partial charge is 1.00 e. The third-order valence-corrected chi connectivity index (χ3v) is 12.6. The van der Waals surface area contributed by atoms with Crippen LogP contribution in [0.1, 0.15) is 78.6 Å². The number of fused-ring (bicyclic) bond motifs is 5. The second-order valence-corrected chi connectivity index (χ2v) is 14.9. The molecule has 9 N–H and O–H groups in total. The molecular formula is C32H54NNaO12. The number of carbonyl (C=O) groups excluding carboxylic acids is 2. The maximum Gasteiger partial charge on any atom is 1.00 e. The second kappa shape index (κ2) is 16.1. The zero-order valence-electron chi connectivity index (χ0n) is 27.6. The van der Waals surface area contributed by atoms with Crippen molar-refractivity contribution < 1.29 is 89.8 Å². The molecule has 260 valence electrons. The smallest absolute Gasteiger partial charge is 0.548 e. The van der Waals surface area contributed by atoms with E-state index in [1.54, 1.807) is 0 Å². The molecule has 0 aromatic heterocycles. The Labute approximate surface area is 293 Å². The summed E-state index contributed by atoms with van der Waals surface area (Å²) < 4.78 is 4.58. The fraction of sp³-hybridized carbons (Fsp3) is 0.938. The summed E-state index contributed by atoms with van der Waals surface area (Å²) in [4.78, 5) is 22.6. The van der Waals surface area contributed by atoms with Gasteiger partial charge in [0.1, 0.15) is 24.4 Å². The summed E-state index contributed by atoms with van der Waals surface area (Å²) in [6, 6.07) is 0. The zero-order chi connectivity index (χ0) is 33.4. The summed E-state index contributed by atoms with van der Waals surface area (Å²) in [6.07, 6.45) is -1.29. The number of amides is 1. The van der Waals surface area contributed by atoms with Gasteiger partial charge in [0.15, 0.2) is 6.29 Å². The summed E-state index contributed by atoms with van der Waals surface area (Å²) in [5.41, 5.74) is -0.230. The molecule has 1 amide bonds. The Bertz CT molecular complexity index is 1030. The number of aliphatic hydroxyl groups excluding tert-OH is 8. The van der Waals surface area contributed by atoms with Crippen molar-refractivity contribution in [3.63, 3.8) is 0 Å². The molecule has 1 unspecified atom stereocenters. The van der Waals surface area contributed by atoms with Gasteiger partial charge >= 0.3 is 29.6 Å². The molecule has 0 bridgehead atoms. The van der Waals surface area contributed by atoms with E-state index in [2.05, 4.69) is 30.8 Å². The van der Waals surface area contributed by atoms with Gasteiger partial charge in [0.25, 0.3) is 0 Å².